The lowest BCUT2D eigenvalue weighted by Gasteiger charge is -2.34. The molecule has 2 fully saturated rings. The number of H-pyrrole nitrogens is 1. The minimum Gasteiger partial charge on any atom is -0.354 e. The van der Waals surface area contributed by atoms with Crippen LogP contribution in [0.1, 0.15) is 88.7 Å². The number of piperidine rings is 1. The third-order valence-corrected chi connectivity index (χ3v) is 9.28. The second-order valence-electron chi connectivity index (χ2n) is 12.5. The van der Waals surface area contributed by atoms with E-state index in [1.54, 1.807) is 0 Å². The number of hydrogen-bond acceptors (Lipinski definition) is 2. The SMILES string of the molecule is Cc1cc(-c2[nH]c3ccc(C4CCCN(C(=O)C5C(C)(C)C5(C)C)C4)cc3c2C(C)C)cc(C)n1. The number of amides is 1. The molecule has 186 valence electrons. The second kappa shape index (κ2) is 8.21. The summed E-state index contributed by atoms with van der Waals surface area (Å²) >= 11 is 0. The van der Waals surface area contributed by atoms with Crippen molar-refractivity contribution in [3.63, 3.8) is 0 Å². The fourth-order valence-electron chi connectivity index (χ4n) is 6.74. The fraction of sp³-hybridized carbons (Fsp3) is 0.548. The Balaban J connectivity index is 1.47. The van der Waals surface area contributed by atoms with Gasteiger partial charge in [-0.3, -0.25) is 9.78 Å². The zero-order valence-corrected chi connectivity index (χ0v) is 22.7. The second-order valence-corrected chi connectivity index (χ2v) is 12.5. The van der Waals surface area contributed by atoms with E-state index in [1.165, 1.54) is 33.3 Å². The van der Waals surface area contributed by atoms with Gasteiger partial charge < -0.3 is 9.88 Å². The molecule has 0 bridgehead atoms. The van der Waals surface area contributed by atoms with Crippen LogP contribution >= 0.6 is 0 Å². The van der Waals surface area contributed by atoms with Gasteiger partial charge in [-0.2, -0.15) is 0 Å². The van der Waals surface area contributed by atoms with Crippen molar-refractivity contribution in [1.29, 1.82) is 0 Å². The molecule has 3 aromatic rings. The van der Waals surface area contributed by atoms with Crippen molar-refractivity contribution in [1.82, 2.24) is 14.9 Å². The van der Waals surface area contributed by atoms with Gasteiger partial charge in [0.05, 0.1) is 5.69 Å². The van der Waals surface area contributed by atoms with Crippen LogP contribution in [-0.2, 0) is 4.79 Å². The molecule has 0 radical (unpaired) electrons. The monoisotopic (exact) mass is 471 g/mol. The van der Waals surface area contributed by atoms with Gasteiger partial charge in [-0.05, 0) is 78.8 Å². The van der Waals surface area contributed by atoms with Gasteiger partial charge in [0.2, 0.25) is 5.91 Å². The van der Waals surface area contributed by atoms with Crippen molar-refractivity contribution < 1.29 is 4.79 Å². The topological polar surface area (TPSA) is 49.0 Å². The number of rotatable bonds is 4. The van der Waals surface area contributed by atoms with Crippen LogP contribution in [0.4, 0.5) is 0 Å². The zero-order chi connectivity index (χ0) is 25.3. The van der Waals surface area contributed by atoms with Gasteiger partial charge in [0.1, 0.15) is 0 Å². The van der Waals surface area contributed by atoms with Crippen LogP contribution in [0.3, 0.4) is 0 Å². The highest BCUT2D eigenvalue weighted by atomic mass is 16.2. The summed E-state index contributed by atoms with van der Waals surface area (Å²) in [5.41, 5.74) is 8.60. The molecule has 1 aromatic carbocycles. The predicted molar refractivity (Wildman–Crippen MR) is 145 cm³/mol. The summed E-state index contributed by atoms with van der Waals surface area (Å²) in [4.78, 5) is 23.9. The molecule has 2 aliphatic rings. The first-order valence-electron chi connectivity index (χ1n) is 13.3. The lowest BCUT2D eigenvalue weighted by Crippen LogP contribution is -2.41. The molecule has 35 heavy (non-hydrogen) atoms. The highest BCUT2D eigenvalue weighted by Crippen LogP contribution is 2.68. The van der Waals surface area contributed by atoms with E-state index >= 15 is 0 Å². The molecule has 0 spiro atoms. The van der Waals surface area contributed by atoms with Crippen molar-refractivity contribution in [3.8, 4) is 11.3 Å². The molecule has 4 nitrogen and oxygen atoms in total. The quantitative estimate of drug-likeness (QED) is 0.432. The van der Waals surface area contributed by atoms with Crippen LogP contribution in [0.2, 0.25) is 0 Å². The summed E-state index contributed by atoms with van der Waals surface area (Å²) in [6.45, 7) is 19.4. The normalized spacial score (nSPS) is 21.6. The maximum atomic E-state index is 13.5. The van der Waals surface area contributed by atoms with E-state index in [0.29, 0.717) is 17.7 Å². The highest BCUT2D eigenvalue weighted by molar-refractivity contribution is 5.92. The number of hydrogen-bond donors (Lipinski definition) is 1. The van der Waals surface area contributed by atoms with E-state index in [2.05, 4.69) is 101 Å². The summed E-state index contributed by atoms with van der Waals surface area (Å²) in [7, 11) is 0. The average Bonchev–Trinajstić information content (AvgIpc) is 3.06. The molecule has 1 atom stereocenters. The molecule has 2 aromatic heterocycles. The van der Waals surface area contributed by atoms with Crippen molar-refractivity contribution in [3.05, 3.63) is 52.8 Å². The van der Waals surface area contributed by atoms with Gasteiger partial charge in [0, 0.05) is 52.8 Å². The molecule has 5 rings (SSSR count). The molecule has 1 N–H and O–H groups in total. The minimum atomic E-state index is 0.0906. The molecule has 1 saturated heterocycles. The Bertz CT molecular complexity index is 1260. The van der Waals surface area contributed by atoms with E-state index in [0.717, 1.165) is 37.3 Å². The minimum absolute atomic E-state index is 0.0906. The van der Waals surface area contributed by atoms with Crippen molar-refractivity contribution in [2.45, 2.75) is 80.1 Å². The molecule has 1 aliphatic carbocycles. The van der Waals surface area contributed by atoms with Crippen molar-refractivity contribution >= 4 is 16.8 Å². The Morgan fingerprint density at radius 1 is 1.06 bits per heavy atom. The fourth-order valence-corrected chi connectivity index (χ4v) is 6.74. The molecular weight excluding hydrogens is 430 g/mol. The van der Waals surface area contributed by atoms with Crippen molar-refractivity contribution in [2.75, 3.05) is 13.1 Å². The Labute approximate surface area is 210 Å². The summed E-state index contributed by atoms with van der Waals surface area (Å²) in [6, 6.07) is 11.3. The molecule has 1 aliphatic heterocycles. The van der Waals surface area contributed by atoms with Gasteiger partial charge in [0.25, 0.3) is 0 Å². The predicted octanol–water partition coefficient (Wildman–Crippen LogP) is 7.36. The van der Waals surface area contributed by atoms with Crippen LogP contribution in [0.5, 0.6) is 0 Å². The molecule has 1 unspecified atom stereocenters. The van der Waals surface area contributed by atoms with Crippen molar-refractivity contribution in [2.24, 2.45) is 16.7 Å². The Morgan fingerprint density at radius 2 is 1.71 bits per heavy atom. The number of nitrogens with one attached hydrogen (secondary N) is 1. The summed E-state index contributed by atoms with van der Waals surface area (Å²) in [5, 5.41) is 1.31. The Hall–Kier alpha value is -2.62. The van der Waals surface area contributed by atoms with E-state index in [4.69, 9.17) is 0 Å². The number of aromatic amines is 1. The molecule has 4 heteroatoms. The lowest BCUT2D eigenvalue weighted by molar-refractivity contribution is -0.135. The van der Waals surface area contributed by atoms with E-state index in [9.17, 15) is 4.79 Å². The number of likely N-dealkylation sites (tertiary alicyclic amines) is 1. The Morgan fingerprint density at radius 3 is 2.31 bits per heavy atom. The van der Waals surface area contributed by atoms with Crippen LogP contribution in [0.15, 0.2) is 30.3 Å². The average molecular weight is 472 g/mol. The van der Waals surface area contributed by atoms with E-state index < -0.39 is 0 Å². The number of aromatic nitrogens is 2. The number of fused-ring (bicyclic) bond motifs is 1. The third-order valence-electron chi connectivity index (χ3n) is 9.28. The third kappa shape index (κ3) is 3.90. The number of pyridine rings is 1. The van der Waals surface area contributed by atoms with Crippen LogP contribution < -0.4 is 0 Å². The van der Waals surface area contributed by atoms with Crippen LogP contribution in [0, 0.1) is 30.6 Å². The first-order chi connectivity index (χ1) is 16.4. The number of nitrogens with zero attached hydrogens (tertiary/aromatic N) is 2. The molecule has 1 saturated carbocycles. The maximum absolute atomic E-state index is 13.5. The molecular formula is C31H41N3O. The first-order valence-corrected chi connectivity index (χ1v) is 13.3. The van der Waals surface area contributed by atoms with Gasteiger partial charge in [0.15, 0.2) is 0 Å². The van der Waals surface area contributed by atoms with Crippen LogP contribution in [-0.4, -0.2) is 33.9 Å². The lowest BCUT2D eigenvalue weighted by atomic mass is 9.88. The molecule has 3 heterocycles. The highest BCUT2D eigenvalue weighted by Gasteiger charge is 2.68. The summed E-state index contributed by atoms with van der Waals surface area (Å²) in [6.07, 6.45) is 2.22. The van der Waals surface area contributed by atoms with E-state index in [1.807, 2.05) is 0 Å². The first kappa shape index (κ1) is 24.1. The largest absolute Gasteiger partial charge is 0.354 e. The summed E-state index contributed by atoms with van der Waals surface area (Å²) in [5.74, 6) is 1.29. The number of aryl methyl sites for hydroxylation is 2. The standard InChI is InChI=1S/C31H41N3O/c1-18(2)26-24-16-21(11-12-25(24)33-27(26)23-14-19(3)32-20(4)15-23)22-10-9-13-34(17-22)29(35)28-30(5,6)31(28,7)8/h11-12,14-16,18,22,28,33H,9-10,13,17H2,1-8H3. The Kier molecular flexibility index (Phi) is 5.65. The number of benzene rings is 1. The van der Waals surface area contributed by atoms with Gasteiger partial charge >= 0.3 is 0 Å². The summed E-state index contributed by atoms with van der Waals surface area (Å²) < 4.78 is 0. The number of carbonyl (C=O) groups is 1. The number of carbonyl (C=O) groups excluding carboxylic acids is 1. The maximum Gasteiger partial charge on any atom is 0.226 e. The van der Waals surface area contributed by atoms with E-state index in [-0.39, 0.29) is 16.7 Å². The smallest absolute Gasteiger partial charge is 0.226 e. The van der Waals surface area contributed by atoms with Gasteiger partial charge in [-0.1, -0.05) is 47.6 Å². The van der Waals surface area contributed by atoms with Gasteiger partial charge in [-0.25, -0.2) is 0 Å². The van der Waals surface area contributed by atoms with Crippen LogP contribution in [0.25, 0.3) is 22.2 Å². The molecule has 1 amide bonds. The zero-order valence-electron chi connectivity index (χ0n) is 22.7. The van der Waals surface area contributed by atoms with Gasteiger partial charge in [-0.15, -0.1) is 0 Å².